The predicted molar refractivity (Wildman–Crippen MR) is 103 cm³/mol. The van der Waals surface area contributed by atoms with Gasteiger partial charge in [0.25, 0.3) is 0 Å². The second-order valence-electron chi connectivity index (χ2n) is 7.43. The number of nitrogens with one attached hydrogen (secondary N) is 1. The van der Waals surface area contributed by atoms with Crippen LogP contribution in [-0.2, 0) is 23.2 Å². The molecule has 1 amide bonds. The van der Waals surface area contributed by atoms with Gasteiger partial charge in [-0.2, -0.15) is 0 Å². The van der Waals surface area contributed by atoms with Crippen LogP contribution in [0, 0.1) is 0 Å². The Bertz CT molecular complexity index is 754. The molecule has 1 aliphatic heterocycles. The average Bonchev–Trinajstić information content (AvgIpc) is 2.86. The van der Waals surface area contributed by atoms with Crippen LogP contribution in [0.4, 0.5) is 0 Å². The number of rotatable bonds is 6. The molecule has 1 saturated carbocycles. The van der Waals surface area contributed by atoms with Gasteiger partial charge in [0.1, 0.15) is 5.82 Å². The lowest BCUT2D eigenvalue weighted by Gasteiger charge is -2.42. The molecule has 1 aromatic heterocycles. The van der Waals surface area contributed by atoms with Crippen molar-refractivity contribution in [1.82, 2.24) is 20.1 Å². The van der Waals surface area contributed by atoms with E-state index < -0.39 is 0 Å². The van der Waals surface area contributed by atoms with Gasteiger partial charge >= 0.3 is 0 Å². The molecular formula is C20H26N4OS. The van der Waals surface area contributed by atoms with Crippen molar-refractivity contribution >= 4 is 17.7 Å². The number of benzene rings is 1. The molecule has 0 unspecified atom stereocenters. The third-order valence-electron chi connectivity index (χ3n) is 5.73. The van der Waals surface area contributed by atoms with E-state index in [4.69, 9.17) is 0 Å². The Labute approximate surface area is 159 Å². The van der Waals surface area contributed by atoms with Gasteiger partial charge in [-0.25, -0.2) is 0 Å². The first-order valence-corrected chi connectivity index (χ1v) is 10.6. The van der Waals surface area contributed by atoms with Crippen molar-refractivity contribution in [2.75, 3.05) is 12.3 Å². The minimum atomic E-state index is 0.0863. The fourth-order valence-electron chi connectivity index (χ4n) is 3.98. The van der Waals surface area contributed by atoms with Crippen LogP contribution < -0.4 is 5.32 Å². The standard InChI is InChI=1S/C20H26N4OS/c25-18(14-26-19-23-22-17-10-5-2-6-13-24(17)19)21-15-20(11-7-12-20)16-8-3-1-4-9-16/h1,3-4,8-9H,2,5-7,10-15H2,(H,21,25). The van der Waals surface area contributed by atoms with Crippen molar-refractivity contribution in [3.05, 3.63) is 41.7 Å². The molecule has 0 bridgehead atoms. The fraction of sp³-hybridized carbons (Fsp3) is 0.550. The average molecular weight is 371 g/mol. The number of aromatic nitrogens is 3. The quantitative estimate of drug-likeness (QED) is 0.793. The normalized spacial score (nSPS) is 18.5. The van der Waals surface area contributed by atoms with Crippen molar-refractivity contribution in [2.45, 2.75) is 62.1 Å². The minimum Gasteiger partial charge on any atom is -0.354 e. The van der Waals surface area contributed by atoms with Gasteiger partial charge in [0.05, 0.1) is 5.75 Å². The van der Waals surface area contributed by atoms with Gasteiger partial charge in [-0.15, -0.1) is 10.2 Å². The number of amides is 1. The van der Waals surface area contributed by atoms with E-state index in [1.165, 1.54) is 43.0 Å². The molecule has 2 aliphatic rings. The number of nitrogens with zero attached hydrogens (tertiary/aromatic N) is 3. The summed E-state index contributed by atoms with van der Waals surface area (Å²) >= 11 is 1.51. The van der Waals surface area contributed by atoms with E-state index in [-0.39, 0.29) is 11.3 Å². The smallest absolute Gasteiger partial charge is 0.230 e. The number of carbonyl (C=O) groups excluding carboxylic acids is 1. The highest BCUT2D eigenvalue weighted by molar-refractivity contribution is 7.99. The number of hydrogen-bond acceptors (Lipinski definition) is 4. The summed E-state index contributed by atoms with van der Waals surface area (Å²) in [5, 5.41) is 12.6. The summed E-state index contributed by atoms with van der Waals surface area (Å²) in [5.41, 5.74) is 1.48. The molecular weight excluding hydrogens is 344 g/mol. The lowest BCUT2D eigenvalue weighted by molar-refractivity contribution is -0.119. The highest BCUT2D eigenvalue weighted by Crippen LogP contribution is 2.43. The summed E-state index contributed by atoms with van der Waals surface area (Å²) in [7, 11) is 0. The number of fused-ring (bicyclic) bond motifs is 1. The third kappa shape index (κ3) is 3.65. The zero-order chi connectivity index (χ0) is 17.8. The van der Waals surface area contributed by atoms with Gasteiger partial charge in [0.2, 0.25) is 5.91 Å². The molecule has 0 saturated heterocycles. The Kier molecular flexibility index (Phi) is 5.29. The molecule has 26 heavy (non-hydrogen) atoms. The predicted octanol–water partition coefficient (Wildman–Crippen LogP) is 3.33. The molecule has 1 aromatic carbocycles. The molecule has 1 aliphatic carbocycles. The maximum Gasteiger partial charge on any atom is 0.230 e. The van der Waals surface area contributed by atoms with Crippen molar-refractivity contribution in [3.8, 4) is 0 Å². The van der Waals surface area contributed by atoms with E-state index >= 15 is 0 Å². The topological polar surface area (TPSA) is 59.8 Å². The third-order valence-corrected chi connectivity index (χ3v) is 6.70. The van der Waals surface area contributed by atoms with Crippen molar-refractivity contribution < 1.29 is 4.79 Å². The first-order valence-electron chi connectivity index (χ1n) is 9.64. The van der Waals surface area contributed by atoms with E-state index in [0.29, 0.717) is 5.75 Å². The fourth-order valence-corrected chi connectivity index (χ4v) is 4.79. The van der Waals surface area contributed by atoms with Gasteiger partial charge in [-0.3, -0.25) is 4.79 Å². The molecule has 1 fully saturated rings. The molecule has 0 spiro atoms. The van der Waals surface area contributed by atoms with Crippen LogP contribution in [0.2, 0.25) is 0 Å². The van der Waals surface area contributed by atoms with Gasteiger partial charge < -0.3 is 9.88 Å². The van der Waals surface area contributed by atoms with Crippen LogP contribution in [0.1, 0.15) is 49.9 Å². The van der Waals surface area contributed by atoms with Gasteiger partial charge in [-0.1, -0.05) is 54.9 Å². The second-order valence-corrected chi connectivity index (χ2v) is 8.37. The van der Waals surface area contributed by atoms with E-state index in [2.05, 4.69) is 44.3 Å². The van der Waals surface area contributed by atoms with E-state index in [0.717, 1.165) is 43.3 Å². The van der Waals surface area contributed by atoms with Crippen LogP contribution in [-0.4, -0.2) is 33.0 Å². The van der Waals surface area contributed by atoms with Crippen LogP contribution in [0.3, 0.4) is 0 Å². The molecule has 5 nitrogen and oxygen atoms in total. The molecule has 2 aromatic rings. The molecule has 6 heteroatoms. The number of aryl methyl sites for hydroxylation is 1. The summed E-state index contributed by atoms with van der Waals surface area (Å²) < 4.78 is 2.20. The van der Waals surface area contributed by atoms with Gasteiger partial charge in [0, 0.05) is 24.9 Å². The lowest BCUT2D eigenvalue weighted by Crippen LogP contribution is -2.46. The first-order chi connectivity index (χ1) is 12.8. The highest BCUT2D eigenvalue weighted by Gasteiger charge is 2.38. The summed E-state index contributed by atoms with van der Waals surface area (Å²) in [4.78, 5) is 12.4. The zero-order valence-corrected chi connectivity index (χ0v) is 15.9. The maximum absolute atomic E-state index is 12.4. The van der Waals surface area contributed by atoms with Gasteiger partial charge in [-0.05, 0) is 31.2 Å². The Morgan fingerprint density at radius 2 is 1.96 bits per heavy atom. The first kappa shape index (κ1) is 17.6. The Balaban J connectivity index is 1.32. The summed E-state index contributed by atoms with van der Waals surface area (Å²) in [6.07, 6.45) is 8.15. The van der Waals surface area contributed by atoms with Crippen molar-refractivity contribution in [2.24, 2.45) is 0 Å². The SMILES string of the molecule is O=C(CSc1nnc2n1CCCCC2)NCC1(c2ccccc2)CCC1. The van der Waals surface area contributed by atoms with Gasteiger partial charge in [0.15, 0.2) is 5.16 Å². The maximum atomic E-state index is 12.4. The summed E-state index contributed by atoms with van der Waals surface area (Å²) in [6.45, 7) is 1.71. The number of thioether (sulfide) groups is 1. The monoisotopic (exact) mass is 370 g/mol. The molecule has 1 N–H and O–H groups in total. The van der Waals surface area contributed by atoms with E-state index in [9.17, 15) is 4.79 Å². The highest BCUT2D eigenvalue weighted by atomic mass is 32.2. The molecule has 138 valence electrons. The minimum absolute atomic E-state index is 0.0863. The Hall–Kier alpha value is -1.82. The molecule has 0 radical (unpaired) electrons. The van der Waals surface area contributed by atoms with E-state index in [1.54, 1.807) is 0 Å². The van der Waals surface area contributed by atoms with Crippen LogP contribution >= 0.6 is 11.8 Å². The number of carbonyl (C=O) groups is 1. The summed E-state index contributed by atoms with van der Waals surface area (Å²) in [6, 6.07) is 10.6. The lowest BCUT2D eigenvalue weighted by atomic mass is 9.64. The zero-order valence-electron chi connectivity index (χ0n) is 15.1. The molecule has 4 rings (SSSR count). The van der Waals surface area contributed by atoms with Crippen LogP contribution in [0.15, 0.2) is 35.5 Å². The van der Waals surface area contributed by atoms with Crippen LogP contribution in [0.25, 0.3) is 0 Å². The second kappa shape index (κ2) is 7.82. The Morgan fingerprint density at radius 1 is 1.12 bits per heavy atom. The molecule has 0 atom stereocenters. The van der Waals surface area contributed by atoms with Crippen molar-refractivity contribution in [3.63, 3.8) is 0 Å². The largest absolute Gasteiger partial charge is 0.354 e. The van der Waals surface area contributed by atoms with Crippen LogP contribution in [0.5, 0.6) is 0 Å². The van der Waals surface area contributed by atoms with E-state index in [1.807, 2.05) is 6.07 Å². The van der Waals surface area contributed by atoms with Crippen molar-refractivity contribution in [1.29, 1.82) is 0 Å². The summed E-state index contributed by atoms with van der Waals surface area (Å²) in [5.74, 6) is 1.56. The Morgan fingerprint density at radius 3 is 2.73 bits per heavy atom. The number of hydrogen-bond donors (Lipinski definition) is 1. The molecule has 2 heterocycles.